The van der Waals surface area contributed by atoms with Crippen LogP contribution in [0, 0.1) is 0 Å². The fraction of sp³-hybridized carbons (Fsp3) is 0.562. The van der Waals surface area contributed by atoms with Crippen molar-refractivity contribution in [2.45, 2.75) is 38.4 Å². The highest BCUT2D eigenvalue weighted by molar-refractivity contribution is 5.48. The van der Waals surface area contributed by atoms with Gasteiger partial charge in [-0.15, -0.1) is 0 Å². The first kappa shape index (κ1) is 17.5. The second-order valence-electron chi connectivity index (χ2n) is 6.14. The predicted molar refractivity (Wildman–Crippen MR) is 86.6 cm³/mol. The summed E-state index contributed by atoms with van der Waals surface area (Å²) in [5.41, 5.74) is -0.874. The second-order valence-corrected chi connectivity index (χ2v) is 6.14. The number of aromatic nitrogens is 4. The zero-order valence-corrected chi connectivity index (χ0v) is 14.1. The topological polar surface area (TPSA) is 56.0 Å². The van der Waals surface area contributed by atoms with Crippen LogP contribution in [0.15, 0.2) is 23.1 Å². The quantitative estimate of drug-likeness (QED) is 0.848. The molecule has 0 bridgehead atoms. The third-order valence-electron chi connectivity index (χ3n) is 4.60. The van der Waals surface area contributed by atoms with E-state index in [1.807, 2.05) is 6.92 Å². The molecule has 3 heterocycles. The lowest BCUT2D eigenvalue weighted by Crippen LogP contribution is -2.36. The molecule has 9 heteroatoms. The predicted octanol–water partition coefficient (Wildman–Crippen LogP) is 2.40. The maximum Gasteiger partial charge on any atom is 0.419 e. The summed E-state index contributed by atoms with van der Waals surface area (Å²) in [5, 5.41) is 4.31. The van der Waals surface area contributed by atoms with Gasteiger partial charge in [0.15, 0.2) is 0 Å². The van der Waals surface area contributed by atoms with Gasteiger partial charge in [0.1, 0.15) is 11.6 Å². The summed E-state index contributed by atoms with van der Waals surface area (Å²) in [6, 6.07) is 2.36. The maximum absolute atomic E-state index is 13.2. The number of hydrogen-bond donors (Lipinski definition) is 0. The number of halogens is 3. The van der Waals surface area contributed by atoms with E-state index < -0.39 is 11.7 Å². The second kappa shape index (κ2) is 6.53. The van der Waals surface area contributed by atoms with Crippen LogP contribution in [0.2, 0.25) is 0 Å². The summed E-state index contributed by atoms with van der Waals surface area (Å²) < 4.78 is 42.5. The average Bonchev–Trinajstić information content (AvgIpc) is 2.89. The van der Waals surface area contributed by atoms with Crippen LogP contribution in [0.3, 0.4) is 0 Å². The minimum Gasteiger partial charge on any atom is -0.356 e. The largest absolute Gasteiger partial charge is 0.419 e. The Kier molecular flexibility index (Phi) is 4.57. The standard InChI is InChI=1S/C16H20F3N5O/c1-3-24-13(21-22(2)15(24)25)11-6-9-23(10-7-11)14-12(16(17,18)19)5-4-8-20-14/h4-5,8,11H,3,6-7,9-10H2,1-2H3. The van der Waals surface area contributed by atoms with Gasteiger partial charge in [-0.05, 0) is 31.9 Å². The van der Waals surface area contributed by atoms with Gasteiger partial charge in [0.2, 0.25) is 0 Å². The zero-order chi connectivity index (χ0) is 18.2. The van der Waals surface area contributed by atoms with Gasteiger partial charge in [-0.25, -0.2) is 14.5 Å². The lowest BCUT2D eigenvalue weighted by Gasteiger charge is -2.33. The Bertz CT molecular complexity index is 803. The van der Waals surface area contributed by atoms with Crippen molar-refractivity contribution >= 4 is 5.82 Å². The number of anilines is 1. The first-order valence-corrected chi connectivity index (χ1v) is 8.23. The fourth-order valence-electron chi connectivity index (χ4n) is 3.34. The summed E-state index contributed by atoms with van der Waals surface area (Å²) in [6.45, 7) is 3.30. The van der Waals surface area contributed by atoms with Gasteiger partial charge < -0.3 is 4.90 Å². The molecule has 2 aromatic heterocycles. The van der Waals surface area contributed by atoms with E-state index in [2.05, 4.69) is 10.1 Å². The summed E-state index contributed by atoms with van der Waals surface area (Å²) in [5.74, 6) is 0.747. The van der Waals surface area contributed by atoms with E-state index in [9.17, 15) is 18.0 Å². The van der Waals surface area contributed by atoms with Crippen LogP contribution in [0.5, 0.6) is 0 Å². The van der Waals surface area contributed by atoms with Gasteiger partial charge in [0.25, 0.3) is 0 Å². The van der Waals surface area contributed by atoms with E-state index in [0.29, 0.717) is 38.3 Å². The highest BCUT2D eigenvalue weighted by atomic mass is 19.4. The summed E-state index contributed by atoms with van der Waals surface area (Å²) in [6.07, 6.45) is -1.79. The van der Waals surface area contributed by atoms with Crippen molar-refractivity contribution in [3.63, 3.8) is 0 Å². The zero-order valence-electron chi connectivity index (χ0n) is 14.1. The number of nitrogens with zero attached hydrogens (tertiary/aromatic N) is 5. The lowest BCUT2D eigenvalue weighted by molar-refractivity contribution is -0.137. The molecule has 25 heavy (non-hydrogen) atoms. The molecule has 1 saturated heterocycles. The number of alkyl halides is 3. The molecule has 0 saturated carbocycles. The van der Waals surface area contributed by atoms with Gasteiger partial charge in [-0.1, -0.05) is 0 Å². The number of aryl methyl sites for hydroxylation is 1. The monoisotopic (exact) mass is 355 g/mol. The first-order chi connectivity index (χ1) is 11.8. The molecular weight excluding hydrogens is 335 g/mol. The first-order valence-electron chi connectivity index (χ1n) is 8.23. The number of rotatable bonds is 3. The SMILES string of the molecule is CCn1c(C2CCN(c3ncccc3C(F)(F)F)CC2)nn(C)c1=O. The molecule has 0 unspecified atom stereocenters. The fourth-order valence-corrected chi connectivity index (χ4v) is 3.34. The molecule has 1 aliphatic rings. The Balaban J connectivity index is 1.80. The number of piperidine rings is 1. The van der Waals surface area contributed by atoms with Crippen LogP contribution >= 0.6 is 0 Å². The van der Waals surface area contributed by atoms with E-state index in [1.54, 1.807) is 16.5 Å². The molecule has 0 aliphatic carbocycles. The Morgan fingerprint density at radius 1 is 1.28 bits per heavy atom. The molecule has 0 atom stereocenters. The Hall–Kier alpha value is -2.32. The van der Waals surface area contributed by atoms with Gasteiger partial charge >= 0.3 is 11.9 Å². The summed E-state index contributed by atoms with van der Waals surface area (Å²) >= 11 is 0. The minimum absolute atomic E-state index is 0.0256. The van der Waals surface area contributed by atoms with Crippen molar-refractivity contribution in [1.82, 2.24) is 19.3 Å². The molecule has 1 fully saturated rings. The minimum atomic E-state index is -4.43. The molecule has 2 aromatic rings. The van der Waals surface area contributed by atoms with E-state index >= 15 is 0 Å². The van der Waals surface area contributed by atoms with Crippen molar-refractivity contribution in [2.75, 3.05) is 18.0 Å². The molecule has 0 aromatic carbocycles. The van der Waals surface area contributed by atoms with Gasteiger partial charge in [-0.2, -0.15) is 18.3 Å². The van der Waals surface area contributed by atoms with Gasteiger partial charge in [0, 0.05) is 38.8 Å². The molecule has 6 nitrogen and oxygen atoms in total. The number of hydrogen-bond acceptors (Lipinski definition) is 4. The van der Waals surface area contributed by atoms with Crippen LogP contribution < -0.4 is 10.6 Å². The van der Waals surface area contributed by atoms with Crippen molar-refractivity contribution in [3.05, 3.63) is 40.2 Å². The molecule has 1 aliphatic heterocycles. The van der Waals surface area contributed by atoms with E-state index in [-0.39, 0.29) is 17.4 Å². The van der Waals surface area contributed by atoms with Crippen LogP contribution in [-0.4, -0.2) is 32.4 Å². The Morgan fingerprint density at radius 3 is 2.56 bits per heavy atom. The van der Waals surface area contributed by atoms with Crippen molar-refractivity contribution < 1.29 is 13.2 Å². The normalized spacial score (nSPS) is 16.4. The van der Waals surface area contributed by atoms with E-state index in [0.717, 1.165) is 6.07 Å². The van der Waals surface area contributed by atoms with Crippen molar-refractivity contribution in [1.29, 1.82) is 0 Å². The van der Waals surface area contributed by atoms with Crippen LogP contribution in [0.1, 0.15) is 37.1 Å². The molecule has 3 rings (SSSR count). The van der Waals surface area contributed by atoms with Crippen molar-refractivity contribution in [3.8, 4) is 0 Å². The Morgan fingerprint density at radius 2 is 1.96 bits per heavy atom. The average molecular weight is 355 g/mol. The van der Waals surface area contributed by atoms with Crippen LogP contribution in [-0.2, 0) is 19.8 Å². The van der Waals surface area contributed by atoms with E-state index in [4.69, 9.17) is 0 Å². The lowest BCUT2D eigenvalue weighted by atomic mass is 9.95. The number of pyridine rings is 1. The Labute approximate surface area is 142 Å². The molecule has 0 N–H and O–H groups in total. The third kappa shape index (κ3) is 3.27. The smallest absolute Gasteiger partial charge is 0.356 e. The molecule has 136 valence electrons. The third-order valence-corrected chi connectivity index (χ3v) is 4.60. The highest BCUT2D eigenvalue weighted by Gasteiger charge is 2.36. The molecular formula is C16H20F3N5O. The van der Waals surface area contributed by atoms with E-state index in [1.165, 1.54) is 16.9 Å². The molecule has 0 radical (unpaired) electrons. The van der Waals surface area contributed by atoms with Gasteiger partial charge in [-0.3, -0.25) is 4.57 Å². The van der Waals surface area contributed by atoms with Crippen molar-refractivity contribution in [2.24, 2.45) is 7.05 Å². The van der Waals surface area contributed by atoms with Crippen LogP contribution in [0.4, 0.5) is 19.0 Å². The van der Waals surface area contributed by atoms with Crippen LogP contribution in [0.25, 0.3) is 0 Å². The summed E-state index contributed by atoms with van der Waals surface area (Å²) in [4.78, 5) is 17.6. The highest BCUT2D eigenvalue weighted by Crippen LogP contribution is 2.37. The molecule has 0 amide bonds. The summed E-state index contributed by atoms with van der Waals surface area (Å²) in [7, 11) is 1.61. The maximum atomic E-state index is 13.2. The van der Waals surface area contributed by atoms with Gasteiger partial charge in [0.05, 0.1) is 5.56 Å². The molecule has 0 spiro atoms.